The van der Waals surface area contributed by atoms with E-state index in [0.29, 0.717) is 11.3 Å². The Morgan fingerprint density at radius 2 is 1.47 bits per heavy atom. The van der Waals surface area contributed by atoms with Crippen molar-refractivity contribution in [3.8, 4) is 0 Å². The SMILES string of the molecule is CCS(=O)(=O)c1cc(S(N)(=O)=O)sc1S(=O)(=O)CC. The van der Waals surface area contributed by atoms with Gasteiger partial charge in [-0.15, -0.1) is 11.3 Å². The molecule has 7 nitrogen and oxygen atoms in total. The van der Waals surface area contributed by atoms with Gasteiger partial charge in [0.25, 0.3) is 0 Å². The van der Waals surface area contributed by atoms with E-state index >= 15 is 0 Å². The van der Waals surface area contributed by atoms with Crippen LogP contribution < -0.4 is 5.14 Å². The zero-order valence-corrected chi connectivity index (χ0v) is 13.4. The number of rotatable bonds is 5. The summed E-state index contributed by atoms with van der Waals surface area (Å²) < 4.78 is 68.8. The van der Waals surface area contributed by atoms with Crippen LogP contribution in [-0.4, -0.2) is 36.8 Å². The van der Waals surface area contributed by atoms with Gasteiger partial charge in [0.05, 0.1) is 16.4 Å². The van der Waals surface area contributed by atoms with Crippen LogP contribution in [0.3, 0.4) is 0 Å². The first kappa shape index (κ1) is 16.6. The van der Waals surface area contributed by atoms with Crippen LogP contribution in [-0.2, 0) is 29.7 Å². The fraction of sp³-hybridized carbons (Fsp3) is 0.500. The second-order valence-corrected chi connectivity index (χ2v) is 11.1. The third-order valence-corrected chi connectivity index (χ3v) is 9.22. The Bertz CT molecular complexity index is 733. The van der Waals surface area contributed by atoms with E-state index in [1.165, 1.54) is 13.8 Å². The van der Waals surface area contributed by atoms with Gasteiger partial charge < -0.3 is 0 Å². The topological polar surface area (TPSA) is 128 Å². The van der Waals surface area contributed by atoms with Gasteiger partial charge in [0.2, 0.25) is 10.0 Å². The number of sulfone groups is 2. The van der Waals surface area contributed by atoms with Crippen molar-refractivity contribution in [2.45, 2.75) is 27.2 Å². The lowest BCUT2D eigenvalue weighted by atomic mass is 10.7. The van der Waals surface area contributed by atoms with Crippen molar-refractivity contribution in [2.24, 2.45) is 5.14 Å². The van der Waals surface area contributed by atoms with E-state index in [2.05, 4.69) is 0 Å². The summed E-state index contributed by atoms with van der Waals surface area (Å²) in [6.45, 7) is 2.68. The molecule has 0 aliphatic rings. The molecule has 0 saturated heterocycles. The second-order valence-electron chi connectivity index (χ2n) is 3.57. The summed E-state index contributed by atoms with van der Waals surface area (Å²) >= 11 is 0.360. The maximum atomic E-state index is 11.8. The molecule has 0 fully saturated rings. The summed E-state index contributed by atoms with van der Waals surface area (Å²) in [5, 5.41) is 4.90. The number of primary sulfonamides is 1. The second kappa shape index (κ2) is 5.13. The van der Waals surface area contributed by atoms with Crippen molar-refractivity contribution in [3.05, 3.63) is 6.07 Å². The van der Waals surface area contributed by atoms with E-state index in [0.717, 1.165) is 6.07 Å². The molecule has 11 heteroatoms. The largest absolute Gasteiger partial charge is 0.247 e. The third kappa shape index (κ3) is 3.34. The highest BCUT2D eigenvalue weighted by Crippen LogP contribution is 2.34. The van der Waals surface area contributed by atoms with Crippen molar-refractivity contribution >= 4 is 41.0 Å². The zero-order chi connectivity index (χ0) is 15.1. The molecule has 0 radical (unpaired) electrons. The van der Waals surface area contributed by atoms with Gasteiger partial charge in [-0.1, -0.05) is 13.8 Å². The molecule has 0 bridgehead atoms. The molecule has 1 heterocycles. The molecule has 0 aliphatic carbocycles. The Morgan fingerprint density at radius 1 is 1.00 bits per heavy atom. The molecule has 1 aromatic heterocycles. The Hall–Kier alpha value is -0.490. The molecule has 1 rings (SSSR count). The van der Waals surface area contributed by atoms with E-state index in [-0.39, 0.29) is 11.5 Å². The molecule has 0 unspecified atom stereocenters. The summed E-state index contributed by atoms with van der Waals surface area (Å²) in [5.74, 6) is -0.663. The first-order valence-corrected chi connectivity index (χ1v) is 10.7. The molecular weight excluding hydrogens is 334 g/mol. The van der Waals surface area contributed by atoms with Crippen LogP contribution in [0.4, 0.5) is 0 Å². The monoisotopic (exact) mass is 347 g/mol. The van der Waals surface area contributed by atoms with Crippen LogP contribution in [0.15, 0.2) is 19.4 Å². The minimum atomic E-state index is -4.15. The van der Waals surface area contributed by atoms with Gasteiger partial charge in [-0.3, -0.25) is 0 Å². The maximum absolute atomic E-state index is 11.8. The highest BCUT2D eigenvalue weighted by molar-refractivity contribution is 7.97. The fourth-order valence-electron chi connectivity index (χ4n) is 1.20. The molecule has 0 saturated carbocycles. The van der Waals surface area contributed by atoms with E-state index in [9.17, 15) is 25.3 Å². The standard InChI is InChI=1S/C8H13NO6S4/c1-3-17(10,11)6-5-7(19(9,14)15)16-8(6)18(12,13)4-2/h5H,3-4H2,1-2H3,(H2,9,14,15). The van der Waals surface area contributed by atoms with Crippen LogP contribution in [0.1, 0.15) is 13.8 Å². The summed E-state index contributed by atoms with van der Waals surface area (Å²) in [7, 11) is -11.8. The summed E-state index contributed by atoms with van der Waals surface area (Å²) in [5.41, 5.74) is 0. The minimum Gasteiger partial charge on any atom is -0.224 e. The molecule has 2 N–H and O–H groups in total. The summed E-state index contributed by atoms with van der Waals surface area (Å²) in [6, 6.07) is 0.807. The Labute approximate surface area is 116 Å². The van der Waals surface area contributed by atoms with Crippen molar-refractivity contribution in [3.63, 3.8) is 0 Å². The normalized spacial score (nSPS) is 13.6. The van der Waals surface area contributed by atoms with Crippen LogP contribution in [0, 0.1) is 0 Å². The Morgan fingerprint density at radius 3 is 1.84 bits per heavy atom. The molecule has 0 aromatic carbocycles. The first-order chi connectivity index (χ1) is 8.45. The summed E-state index contributed by atoms with van der Waals surface area (Å²) in [6.07, 6.45) is 0. The van der Waals surface area contributed by atoms with Crippen molar-refractivity contribution in [1.82, 2.24) is 0 Å². The number of hydrogen-bond acceptors (Lipinski definition) is 7. The molecule has 110 valence electrons. The van der Waals surface area contributed by atoms with Gasteiger partial charge in [0.15, 0.2) is 19.7 Å². The number of hydrogen-bond donors (Lipinski definition) is 1. The highest BCUT2D eigenvalue weighted by atomic mass is 32.3. The van der Waals surface area contributed by atoms with Crippen molar-refractivity contribution in [1.29, 1.82) is 0 Å². The molecule has 1 aromatic rings. The number of thiophene rings is 1. The maximum Gasteiger partial charge on any atom is 0.247 e. The lowest BCUT2D eigenvalue weighted by Crippen LogP contribution is -2.10. The van der Waals surface area contributed by atoms with Crippen molar-refractivity contribution < 1.29 is 25.3 Å². The molecule has 0 aliphatic heterocycles. The molecule has 19 heavy (non-hydrogen) atoms. The lowest BCUT2D eigenvalue weighted by Gasteiger charge is -2.02. The predicted molar refractivity (Wildman–Crippen MR) is 71.1 cm³/mol. The van der Waals surface area contributed by atoms with Crippen LogP contribution in [0.2, 0.25) is 0 Å². The smallest absolute Gasteiger partial charge is 0.224 e. The van der Waals surface area contributed by atoms with Gasteiger partial charge in [0.1, 0.15) is 8.42 Å². The van der Waals surface area contributed by atoms with Crippen LogP contribution >= 0.6 is 11.3 Å². The van der Waals surface area contributed by atoms with Gasteiger partial charge >= 0.3 is 0 Å². The Kier molecular flexibility index (Phi) is 4.47. The average molecular weight is 347 g/mol. The van der Waals surface area contributed by atoms with Crippen LogP contribution in [0.5, 0.6) is 0 Å². The van der Waals surface area contributed by atoms with E-state index in [1.54, 1.807) is 0 Å². The first-order valence-electron chi connectivity index (χ1n) is 5.08. The number of sulfonamides is 1. The lowest BCUT2D eigenvalue weighted by molar-refractivity contribution is 0.586. The van der Waals surface area contributed by atoms with Gasteiger partial charge in [0, 0.05) is 0 Å². The van der Waals surface area contributed by atoms with E-state index < -0.39 is 43.0 Å². The highest BCUT2D eigenvalue weighted by Gasteiger charge is 2.30. The van der Waals surface area contributed by atoms with E-state index in [4.69, 9.17) is 5.14 Å². The van der Waals surface area contributed by atoms with Crippen LogP contribution in [0.25, 0.3) is 0 Å². The van der Waals surface area contributed by atoms with Gasteiger partial charge in [-0.2, -0.15) is 0 Å². The summed E-state index contributed by atoms with van der Waals surface area (Å²) in [4.78, 5) is -0.495. The zero-order valence-electron chi connectivity index (χ0n) is 10.2. The van der Waals surface area contributed by atoms with Crippen molar-refractivity contribution in [2.75, 3.05) is 11.5 Å². The average Bonchev–Trinajstić information content (AvgIpc) is 2.74. The van der Waals surface area contributed by atoms with Gasteiger partial charge in [-0.05, 0) is 6.07 Å². The molecule has 0 amide bonds. The number of nitrogens with two attached hydrogens (primary N) is 1. The Balaban J connectivity index is 3.78. The predicted octanol–water partition coefficient (Wildman–Crippen LogP) is -0.0173. The quantitative estimate of drug-likeness (QED) is 0.797. The third-order valence-electron chi connectivity index (χ3n) is 2.30. The molecular formula is C8H13NO6S4. The van der Waals surface area contributed by atoms with E-state index in [1.807, 2.05) is 0 Å². The molecule has 0 atom stereocenters. The molecule has 0 spiro atoms. The minimum absolute atomic E-state index is 0.330. The van der Waals surface area contributed by atoms with Gasteiger partial charge in [-0.25, -0.2) is 30.4 Å². The fourth-order valence-corrected chi connectivity index (χ4v) is 6.91.